The van der Waals surface area contributed by atoms with E-state index in [0.717, 1.165) is 6.42 Å². The summed E-state index contributed by atoms with van der Waals surface area (Å²) in [7, 11) is 1.24. The molecule has 2 rings (SSSR count). The fraction of sp³-hybridized carbons (Fsp3) is 0.500. The Morgan fingerprint density at radius 2 is 2.39 bits per heavy atom. The zero-order valence-corrected chi connectivity index (χ0v) is 10.5. The lowest BCUT2D eigenvalue weighted by atomic mass is 10.4. The van der Waals surface area contributed by atoms with Crippen molar-refractivity contribution < 1.29 is 19.1 Å². The normalized spacial score (nSPS) is 13.4. The number of esters is 1. The van der Waals surface area contributed by atoms with E-state index in [-0.39, 0.29) is 17.3 Å². The molecule has 0 fully saturated rings. The quantitative estimate of drug-likeness (QED) is 0.797. The summed E-state index contributed by atoms with van der Waals surface area (Å²) >= 11 is 6.00. The molecular weight excluding hydrogens is 262 g/mol. The second kappa shape index (κ2) is 5.26. The maximum atomic E-state index is 11.8. The van der Waals surface area contributed by atoms with Gasteiger partial charge in [-0.25, -0.2) is 4.68 Å². The molecule has 1 aromatic heterocycles. The van der Waals surface area contributed by atoms with Gasteiger partial charge in [-0.15, -0.1) is 0 Å². The van der Waals surface area contributed by atoms with E-state index in [1.165, 1.54) is 7.11 Å². The Balaban J connectivity index is 2.11. The highest BCUT2D eigenvalue weighted by atomic mass is 35.5. The van der Waals surface area contributed by atoms with E-state index in [4.69, 9.17) is 16.3 Å². The van der Waals surface area contributed by atoms with Crippen LogP contribution in [0.5, 0.6) is 5.88 Å². The Morgan fingerprint density at radius 1 is 1.61 bits per heavy atom. The van der Waals surface area contributed by atoms with Crippen molar-refractivity contribution in [1.82, 2.24) is 15.1 Å². The second-order valence-electron chi connectivity index (χ2n) is 3.65. The Bertz CT molecular complexity index is 486. The molecule has 0 saturated heterocycles. The lowest BCUT2D eigenvalue weighted by molar-refractivity contribution is -0.139. The number of amides is 1. The molecule has 98 valence electrons. The molecule has 1 amide bonds. The summed E-state index contributed by atoms with van der Waals surface area (Å²) in [5, 5.41) is 6.58. The summed E-state index contributed by atoms with van der Waals surface area (Å²) in [6.45, 7) is 0.975. The summed E-state index contributed by atoms with van der Waals surface area (Å²) in [6, 6.07) is 0. The molecule has 18 heavy (non-hydrogen) atoms. The van der Waals surface area contributed by atoms with Gasteiger partial charge in [0.25, 0.3) is 5.91 Å². The number of methoxy groups -OCH3 is 1. The van der Waals surface area contributed by atoms with Crippen LogP contribution in [-0.4, -0.2) is 41.9 Å². The summed E-state index contributed by atoms with van der Waals surface area (Å²) in [5.74, 6) is -0.679. The van der Waals surface area contributed by atoms with Gasteiger partial charge in [-0.05, 0) is 0 Å². The Hall–Kier alpha value is -1.76. The van der Waals surface area contributed by atoms with Gasteiger partial charge < -0.3 is 14.8 Å². The molecule has 0 atom stereocenters. The number of carbonyl (C=O) groups is 2. The molecule has 0 radical (unpaired) electrons. The van der Waals surface area contributed by atoms with Crippen molar-refractivity contribution in [1.29, 1.82) is 0 Å². The van der Waals surface area contributed by atoms with Crippen LogP contribution in [0.3, 0.4) is 0 Å². The van der Waals surface area contributed by atoms with Gasteiger partial charge in [0, 0.05) is 13.0 Å². The highest BCUT2D eigenvalue weighted by molar-refractivity contribution is 6.34. The van der Waals surface area contributed by atoms with E-state index in [0.29, 0.717) is 19.0 Å². The number of hydrogen-bond donors (Lipinski definition) is 1. The Morgan fingerprint density at radius 3 is 3.06 bits per heavy atom. The largest absolute Gasteiger partial charge is 0.477 e. The lowest BCUT2D eigenvalue weighted by Crippen LogP contribution is -2.30. The van der Waals surface area contributed by atoms with Gasteiger partial charge >= 0.3 is 5.97 Å². The number of nitrogens with zero attached hydrogens (tertiary/aromatic N) is 2. The number of halogens is 1. The molecule has 0 unspecified atom stereocenters. The van der Waals surface area contributed by atoms with Crippen LogP contribution in [0.1, 0.15) is 16.9 Å². The third-order valence-electron chi connectivity index (χ3n) is 2.44. The molecule has 8 heteroatoms. The first-order valence-corrected chi connectivity index (χ1v) is 5.75. The number of fused-ring (bicyclic) bond motifs is 1. The molecule has 0 bridgehead atoms. The van der Waals surface area contributed by atoms with Gasteiger partial charge in [-0.3, -0.25) is 9.59 Å². The smallest absolute Gasteiger partial charge is 0.325 e. The molecule has 0 saturated carbocycles. The minimum absolute atomic E-state index is 0.0532. The Kier molecular flexibility index (Phi) is 3.71. The average Bonchev–Trinajstić information content (AvgIpc) is 2.73. The monoisotopic (exact) mass is 273 g/mol. The Labute approximate surface area is 108 Å². The highest BCUT2D eigenvalue weighted by Gasteiger charge is 2.25. The fourth-order valence-corrected chi connectivity index (χ4v) is 1.83. The SMILES string of the molecule is COC(=O)CNC(=O)c1nn2c(c1Cl)OCCC2. The number of aromatic nitrogens is 2. The van der Waals surface area contributed by atoms with E-state index < -0.39 is 11.9 Å². The molecular formula is C10H12ClN3O4. The van der Waals surface area contributed by atoms with Crippen molar-refractivity contribution in [2.75, 3.05) is 20.3 Å². The van der Waals surface area contributed by atoms with Crippen molar-refractivity contribution >= 4 is 23.5 Å². The lowest BCUT2D eigenvalue weighted by Gasteiger charge is -2.14. The van der Waals surface area contributed by atoms with Crippen molar-refractivity contribution in [2.24, 2.45) is 0 Å². The molecule has 0 aliphatic carbocycles. The maximum Gasteiger partial charge on any atom is 0.325 e. The van der Waals surface area contributed by atoms with Crippen molar-refractivity contribution in [3.05, 3.63) is 10.7 Å². The number of rotatable bonds is 3. The van der Waals surface area contributed by atoms with Crippen LogP contribution in [-0.2, 0) is 16.1 Å². The minimum atomic E-state index is -0.542. The zero-order chi connectivity index (χ0) is 13.1. The van der Waals surface area contributed by atoms with Crippen LogP contribution in [0, 0.1) is 0 Å². The predicted molar refractivity (Wildman–Crippen MR) is 61.7 cm³/mol. The van der Waals surface area contributed by atoms with Gasteiger partial charge in [0.15, 0.2) is 5.69 Å². The number of nitrogens with one attached hydrogen (secondary N) is 1. The minimum Gasteiger partial charge on any atom is -0.477 e. The average molecular weight is 274 g/mol. The molecule has 7 nitrogen and oxygen atoms in total. The van der Waals surface area contributed by atoms with E-state index in [2.05, 4.69) is 15.2 Å². The zero-order valence-electron chi connectivity index (χ0n) is 9.73. The molecule has 0 aromatic carbocycles. The van der Waals surface area contributed by atoms with E-state index in [1.807, 2.05) is 0 Å². The summed E-state index contributed by atoms with van der Waals surface area (Å²) in [5.41, 5.74) is 0.0532. The van der Waals surface area contributed by atoms with E-state index in [9.17, 15) is 9.59 Å². The number of hydrogen-bond acceptors (Lipinski definition) is 5. The molecule has 1 aromatic rings. The standard InChI is InChI=1S/C10H12ClN3O4/c1-17-6(15)5-12-9(16)8-7(11)10-14(13-8)3-2-4-18-10/h2-5H2,1H3,(H,12,16). The third kappa shape index (κ3) is 2.40. The second-order valence-corrected chi connectivity index (χ2v) is 4.03. The van der Waals surface area contributed by atoms with Crippen LogP contribution in [0.2, 0.25) is 5.02 Å². The van der Waals surface area contributed by atoms with E-state index in [1.54, 1.807) is 4.68 Å². The first kappa shape index (κ1) is 12.7. The van der Waals surface area contributed by atoms with E-state index >= 15 is 0 Å². The van der Waals surface area contributed by atoms with Crippen LogP contribution >= 0.6 is 11.6 Å². The summed E-state index contributed by atoms with van der Waals surface area (Å²) in [4.78, 5) is 22.7. The predicted octanol–water partition coefficient (Wildman–Crippen LogP) is 0.222. The fourth-order valence-electron chi connectivity index (χ4n) is 1.55. The number of aryl methyl sites for hydroxylation is 1. The maximum absolute atomic E-state index is 11.8. The first-order valence-electron chi connectivity index (χ1n) is 5.37. The van der Waals surface area contributed by atoms with Gasteiger partial charge in [0.2, 0.25) is 5.88 Å². The van der Waals surface area contributed by atoms with Gasteiger partial charge in [-0.2, -0.15) is 5.10 Å². The molecule has 1 aliphatic rings. The highest BCUT2D eigenvalue weighted by Crippen LogP contribution is 2.30. The van der Waals surface area contributed by atoms with Crippen molar-refractivity contribution in [3.63, 3.8) is 0 Å². The van der Waals surface area contributed by atoms with Gasteiger partial charge in [0.05, 0.1) is 13.7 Å². The van der Waals surface area contributed by atoms with Crippen LogP contribution in [0.25, 0.3) is 0 Å². The van der Waals surface area contributed by atoms with Crippen molar-refractivity contribution in [3.8, 4) is 5.88 Å². The van der Waals surface area contributed by atoms with Gasteiger partial charge in [-0.1, -0.05) is 11.6 Å². The summed E-state index contributed by atoms with van der Waals surface area (Å²) in [6.07, 6.45) is 0.814. The van der Waals surface area contributed by atoms with Crippen LogP contribution in [0.4, 0.5) is 0 Å². The summed E-state index contributed by atoms with van der Waals surface area (Å²) < 4.78 is 11.3. The molecule has 1 aliphatic heterocycles. The number of carbonyl (C=O) groups excluding carboxylic acids is 2. The topological polar surface area (TPSA) is 82.5 Å². The van der Waals surface area contributed by atoms with Crippen LogP contribution < -0.4 is 10.1 Å². The molecule has 0 spiro atoms. The molecule has 1 N–H and O–H groups in total. The van der Waals surface area contributed by atoms with Gasteiger partial charge in [0.1, 0.15) is 11.6 Å². The van der Waals surface area contributed by atoms with Crippen molar-refractivity contribution in [2.45, 2.75) is 13.0 Å². The third-order valence-corrected chi connectivity index (χ3v) is 2.78. The van der Waals surface area contributed by atoms with Crippen LogP contribution in [0.15, 0.2) is 0 Å². The molecule has 2 heterocycles. The first-order chi connectivity index (χ1) is 8.63. The number of ether oxygens (including phenoxy) is 2.